The van der Waals surface area contributed by atoms with Gasteiger partial charge < -0.3 is 18.6 Å². The number of hydrogen-bond acceptors (Lipinski definition) is 7. The Hall–Kier alpha value is -3.35. The highest BCUT2D eigenvalue weighted by Crippen LogP contribution is 2.19. The minimum Gasteiger partial charge on any atom is -0.497 e. The van der Waals surface area contributed by atoms with E-state index in [2.05, 4.69) is 10.2 Å². The largest absolute Gasteiger partial charge is 0.497 e. The van der Waals surface area contributed by atoms with Crippen LogP contribution < -0.4 is 9.47 Å². The molecule has 0 amide bonds. The van der Waals surface area contributed by atoms with Crippen LogP contribution in [0.3, 0.4) is 0 Å². The van der Waals surface area contributed by atoms with Crippen LogP contribution >= 0.6 is 0 Å². The minimum atomic E-state index is -0.339. The summed E-state index contributed by atoms with van der Waals surface area (Å²) >= 11 is 0. The Bertz CT molecular complexity index is 888. The fourth-order valence-corrected chi connectivity index (χ4v) is 2.44. The van der Waals surface area contributed by atoms with Crippen molar-refractivity contribution < 1.29 is 23.4 Å². The molecule has 1 aromatic heterocycles. The number of hydrogen-bond donors (Lipinski definition) is 0. The molecular weight excluding hydrogens is 360 g/mol. The lowest BCUT2D eigenvalue weighted by Crippen LogP contribution is -2.12. The molecule has 0 bridgehead atoms. The first-order valence-corrected chi connectivity index (χ1v) is 8.96. The van der Waals surface area contributed by atoms with Crippen molar-refractivity contribution in [2.45, 2.75) is 19.8 Å². The van der Waals surface area contributed by atoms with E-state index in [0.717, 1.165) is 16.9 Å². The van der Waals surface area contributed by atoms with Crippen molar-refractivity contribution in [2.24, 2.45) is 0 Å². The number of carbonyl (C=O) groups is 1. The van der Waals surface area contributed by atoms with Crippen LogP contribution in [-0.4, -0.2) is 36.5 Å². The van der Waals surface area contributed by atoms with E-state index >= 15 is 0 Å². The highest BCUT2D eigenvalue weighted by molar-refractivity contribution is 5.69. The van der Waals surface area contributed by atoms with Gasteiger partial charge in [0.2, 0.25) is 11.8 Å². The minimum absolute atomic E-state index is 0.165. The van der Waals surface area contributed by atoms with E-state index in [9.17, 15) is 4.79 Å². The molecule has 0 saturated carbocycles. The van der Waals surface area contributed by atoms with Crippen LogP contribution in [0.25, 0.3) is 11.5 Å². The molecule has 0 spiro atoms. The van der Waals surface area contributed by atoms with E-state index in [4.69, 9.17) is 18.6 Å². The number of methoxy groups -OCH3 is 1. The normalized spacial score (nSPS) is 10.5. The standard InChI is InChI=1S/C21H22N2O5/c1-15-3-5-16(6-4-15)21-23-22-19(28-21)11-12-20(24)27-14-13-26-18-9-7-17(25-2)8-10-18/h3-10H,11-14H2,1-2H3. The summed E-state index contributed by atoms with van der Waals surface area (Å²) in [6, 6.07) is 15.0. The molecule has 0 fully saturated rings. The van der Waals surface area contributed by atoms with Gasteiger partial charge in [-0.2, -0.15) is 0 Å². The summed E-state index contributed by atoms with van der Waals surface area (Å²) in [4.78, 5) is 11.8. The molecule has 1 heterocycles. The van der Waals surface area contributed by atoms with E-state index in [1.807, 2.05) is 31.2 Å². The Labute approximate surface area is 163 Å². The number of benzene rings is 2. The Kier molecular flexibility index (Phi) is 6.62. The highest BCUT2D eigenvalue weighted by Gasteiger charge is 2.11. The quantitative estimate of drug-likeness (QED) is 0.413. The third kappa shape index (κ3) is 5.57. The number of aryl methyl sites for hydroxylation is 2. The fourth-order valence-electron chi connectivity index (χ4n) is 2.44. The molecule has 3 rings (SSSR count). The van der Waals surface area contributed by atoms with Gasteiger partial charge in [-0.1, -0.05) is 17.7 Å². The van der Waals surface area contributed by atoms with Gasteiger partial charge in [0.1, 0.15) is 24.7 Å². The first kappa shape index (κ1) is 19.4. The van der Waals surface area contributed by atoms with Crippen molar-refractivity contribution in [2.75, 3.05) is 20.3 Å². The molecule has 7 nitrogen and oxygen atoms in total. The van der Waals surface area contributed by atoms with Gasteiger partial charge in [-0.25, -0.2) is 0 Å². The van der Waals surface area contributed by atoms with E-state index in [-0.39, 0.29) is 25.6 Å². The molecule has 0 N–H and O–H groups in total. The maximum atomic E-state index is 11.8. The Morgan fingerprint density at radius 2 is 1.68 bits per heavy atom. The molecule has 2 aromatic carbocycles. The van der Waals surface area contributed by atoms with E-state index < -0.39 is 0 Å². The van der Waals surface area contributed by atoms with Crippen molar-refractivity contribution >= 4 is 5.97 Å². The molecule has 0 saturated heterocycles. The second-order valence-electron chi connectivity index (χ2n) is 6.11. The zero-order valence-electron chi connectivity index (χ0n) is 15.9. The summed E-state index contributed by atoms with van der Waals surface area (Å²) in [6.07, 6.45) is 0.495. The summed E-state index contributed by atoms with van der Waals surface area (Å²) in [6.45, 7) is 2.45. The van der Waals surface area contributed by atoms with Gasteiger partial charge in [-0.3, -0.25) is 4.79 Å². The van der Waals surface area contributed by atoms with Crippen molar-refractivity contribution in [3.63, 3.8) is 0 Å². The van der Waals surface area contributed by atoms with Gasteiger partial charge in [0.15, 0.2) is 0 Å². The lowest BCUT2D eigenvalue weighted by atomic mass is 10.1. The third-order valence-electron chi connectivity index (χ3n) is 3.98. The first-order chi connectivity index (χ1) is 13.6. The molecule has 0 aliphatic carbocycles. The summed E-state index contributed by atoms with van der Waals surface area (Å²) in [7, 11) is 1.60. The van der Waals surface area contributed by atoms with Gasteiger partial charge in [0.05, 0.1) is 13.5 Å². The van der Waals surface area contributed by atoms with Crippen molar-refractivity contribution in [3.05, 3.63) is 60.0 Å². The van der Waals surface area contributed by atoms with Crippen molar-refractivity contribution in [1.82, 2.24) is 10.2 Å². The second kappa shape index (κ2) is 9.55. The Morgan fingerprint density at radius 3 is 2.39 bits per heavy atom. The SMILES string of the molecule is COc1ccc(OCCOC(=O)CCc2nnc(-c3ccc(C)cc3)o2)cc1. The monoisotopic (exact) mass is 382 g/mol. The maximum Gasteiger partial charge on any atom is 0.306 e. The Balaban J connectivity index is 1.36. The zero-order chi connectivity index (χ0) is 19.8. The number of rotatable bonds is 9. The summed E-state index contributed by atoms with van der Waals surface area (Å²) in [5.41, 5.74) is 2.00. The molecule has 3 aromatic rings. The molecule has 0 atom stereocenters. The molecule has 0 aliphatic rings. The number of aromatic nitrogens is 2. The topological polar surface area (TPSA) is 83.7 Å². The average Bonchev–Trinajstić information content (AvgIpc) is 3.20. The van der Waals surface area contributed by atoms with Crippen molar-refractivity contribution in [1.29, 1.82) is 0 Å². The van der Waals surface area contributed by atoms with Crippen LogP contribution in [0.1, 0.15) is 17.9 Å². The average molecular weight is 382 g/mol. The summed E-state index contributed by atoms with van der Waals surface area (Å²) in [5, 5.41) is 8.00. The van der Waals surface area contributed by atoms with Crippen LogP contribution in [-0.2, 0) is 16.0 Å². The van der Waals surface area contributed by atoms with Crippen molar-refractivity contribution in [3.8, 4) is 23.0 Å². The summed E-state index contributed by atoms with van der Waals surface area (Å²) < 4.78 is 21.3. The van der Waals surface area contributed by atoms with Crippen LogP contribution in [0, 0.1) is 6.92 Å². The van der Waals surface area contributed by atoms with Gasteiger partial charge in [0.25, 0.3) is 0 Å². The van der Waals surface area contributed by atoms with Crippen LogP contribution in [0.15, 0.2) is 52.9 Å². The number of carbonyl (C=O) groups excluding carboxylic acids is 1. The number of esters is 1. The number of nitrogens with zero attached hydrogens (tertiary/aromatic N) is 2. The van der Waals surface area contributed by atoms with E-state index in [1.165, 1.54) is 0 Å². The zero-order valence-corrected chi connectivity index (χ0v) is 15.9. The van der Waals surface area contributed by atoms with E-state index in [0.29, 0.717) is 24.0 Å². The van der Waals surface area contributed by atoms with Gasteiger partial charge >= 0.3 is 5.97 Å². The van der Waals surface area contributed by atoms with Crippen LogP contribution in [0.5, 0.6) is 11.5 Å². The van der Waals surface area contributed by atoms with Crippen LogP contribution in [0.4, 0.5) is 0 Å². The Morgan fingerprint density at radius 1 is 0.964 bits per heavy atom. The maximum absolute atomic E-state index is 11.8. The summed E-state index contributed by atoms with van der Waals surface area (Å²) in [5.74, 6) is 1.95. The molecule has 28 heavy (non-hydrogen) atoms. The smallest absolute Gasteiger partial charge is 0.306 e. The first-order valence-electron chi connectivity index (χ1n) is 8.96. The highest BCUT2D eigenvalue weighted by atomic mass is 16.6. The lowest BCUT2D eigenvalue weighted by Gasteiger charge is -2.07. The molecule has 0 radical (unpaired) electrons. The van der Waals surface area contributed by atoms with Gasteiger partial charge in [0, 0.05) is 12.0 Å². The molecule has 7 heteroatoms. The molecule has 146 valence electrons. The fraction of sp³-hybridized carbons (Fsp3) is 0.286. The predicted octanol–water partition coefficient (Wildman–Crippen LogP) is 3.61. The predicted molar refractivity (Wildman–Crippen MR) is 102 cm³/mol. The third-order valence-corrected chi connectivity index (χ3v) is 3.98. The van der Waals surface area contributed by atoms with Crippen LogP contribution in [0.2, 0.25) is 0 Å². The lowest BCUT2D eigenvalue weighted by molar-refractivity contribution is -0.144. The molecule has 0 unspecified atom stereocenters. The second-order valence-corrected chi connectivity index (χ2v) is 6.11. The van der Waals surface area contributed by atoms with Gasteiger partial charge in [-0.05, 0) is 43.3 Å². The molecular formula is C21H22N2O5. The molecule has 0 aliphatic heterocycles. The number of ether oxygens (including phenoxy) is 3. The van der Waals surface area contributed by atoms with E-state index in [1.54, 1.807) is 31.4 Å². The van der Waals surface area contributed by atoms with Gasteiger partial charge in [-0.15, -0.1) is 10.2 Å².